The van der Waals surface area contributed by atoms with Crippen LogP contribution in [0.1, 0.15) is 116 Å². The van der Waals surface area contributed by atoms with Crippen LogP contribution in [0.5, 0.6) is 0 Å². The largest absolute Gasteiger partial charge is 0.527 e. The molecule has 1 N–H and O–H groups in total. The van der Waals surface area contributed by atoms with E-state index in [1.165, 1.54) is 89.7 Å². The van der Waals surface area contributed by atoms with Crippen molar-refractivity contribution < 1.29 is 23.0 Å². The van der Waals surface area contributed by atoms with Crippen LogP contribution >= 0.6 is 7.82 Å². The van der Waals surface area contributed by atoms with E-state index in [1.54, 1.807) is 0 Å². The Bertz CT molecular complexity index is 507. The SMILES string of the molecule is CCCCCCCCCCCCCCCCOP(=O)(O)OC=C1CCCC[N+]1(C)C. The maximum absolute atomic E-state index is 12.1. The summed E-state index contributed by atoms with van der Waals surface area (Å²) in [5, 5.41) is 0. The van der Waals surface area contributed by atoms with Crippen molar-refractivity contribution in [1.29, 1.82) is 0 Å². The minimum Gasteiger partial charge on any atom is -0.406 e. The maximum atomic E-state index is 12.1. The predicted molar refractivity (Wildman–Crippen MR) is 126 cm³/mol. The molecule has 1 atom stereocenters. The fraction of sp³-hybridized carbons (Fsp3) is 0.917. The number of quaternary nitrogens is 1. The summed E-state index contributed by atoms with van der Waals surface area (Å²) >= 11 is 0. The van der Waals surface area contributed by atoms with Crippen LogP contribution < -0.4 is 0 Å². The van der Waals surface area contributed by atoms with Gasteiger partial charge >= 0.3 is 7.82 Å². The van der Waals surface area contributed by atoms with Crippen LogP contribution in [0.15, 0.2) is 12.0 Å². The molecule has 6 heteroatoms. The molecule has 0 saturated carbocycles. The van der Waals surface area contributed by atoms with E-state index < -0.39 is 7.82 Å². The van der Waals surface area contributed by atoms with Gasteiger partial charge in [-0.1, -0.05) is 90.4 Å². The molecule has 0 spiro atoms. The molecule has 1 saturated heterocycles. The molecule has 30 heavy (non-hydrogen) atoms. The van der Waals surface area contributed by atoms with Crippen LogP contribution in [-0.2, 0) is 13.6 Å². The Hall–Kier alpha value is -0.350. The normalized spacial score (nSPS) is 19.7. The van der Waals surface area contributed by atoms with Crippen LogP contribution in [-0.4, -0.2) is 36.6 Å². The first kappa shape index (κ1) is 27.7. The number of phosphoric ester groups is 1. The fourth-order valence-corrected chi connectivity index (χ4v) is 4.77. The highest BCUT2D eigenvalue weighted by Crippen LogP contribution is 2.44. The molecule has 0 aliphatic carbocycles. The van der Waals surface area contributed by atoms with Crippen LogP contribution in [0.2, 0.25) is 0 Å². The average Bonchev–Trinajstić information content (AvgIpc) is 2.69. The van der Waals surface area contributed by atoms with E-state index in [0.29, 0.717) is 0 Å². The summed E-state index contributed by atoms with van der Waals surface area (Å²) in [5.41, 5.74) is 1.05. The zero-order valence-corrected chi connectivity index (χ0v) is 21.0. The lowest BCUT2D eigenvalue weighted by molar-refractivity contribution is -0.858. The predicted octanol–water partition coefficient (Wildman–Crippen LogP) is 7.70. The highest BCUT2D eigenvalue weighted by Gasteiger charge is 2.28. The Morgan fingerprint density at radius 2 is 1.37 bits per heavy atom. The number of likely N-dealkylation sites (tertiary alicyclic amines) is 1. The molecule has 1 aliphatic rings. The van der Waals surface area contributed by atoms with Gasteiger partial charge in [0.25, 0.3) is 0 Å². The summed E-state index contributed by atoms with van der Waals surface area (Å²) in [4.78, 5) is 9.88. The molecule has 1 heterocycles. The monoisotopic (exact) mass is 446 g/mol. The molecule has 1 fully saturated rings. The van der Waals surface area contributed by atoms with E-state index in [-0.39, 0.29) is 6.61 Å². The van der Waals surface area contributed by atoms with E-state index in [2.05, 4.69) is 21.0 Å². The first-order valence-electron chi connectivity index (χ1n) is 12.6. The Labute approximate surface area is 186 Å². The maximum Gasteiger partial charge on any atom is 0.527 e. The number of phosphoric acid groups is 1. The summed E-state index contributed by atoms with van der Waals surface area (Å²) in [5.74, 6) is 0. The lowest BCUT2D eigenvalue weighted by Crippen LogP contribution is -2.41. The minimum atomic E-state index is -3.99. The number of hydrogen-bond acceptors (Lipinski definition) is 3. The number of hydrogen-bond donors (Lipinski definition) is 1. The summed E-state index contributed by atoms with van der Waals surface area (Å²) in [6.07, 6.45) is 22.7. The number of nitrogens with zero attached hydrogens (tertiary/aromatic N) is 1. The molecule has 0 aromatic carbocycles. The summed E-state index contributed by atoms with van der Waals surface area (Å²) < 4.78 is 23.1. The third-order valence-corrected chi connectivity index (χ3v) is 7.13. The molecule has 1 aliphatic heterocycles. The van der Waals surface area contributed by atoms with Crippen LogP contribution in [0.25, 0.3) is 0 Å². The quantitative estimate of drug-likeness (QED) is 0.101. The van der Waals surface area contributed by atoms with Gasteiger partial charge in [0, 0.05) is 6.42 Å². The van der Waals surface area contributed by atoms with Crippen molar-refractivity contribution in [2.75, 3.05) is 27.2 Å². The second kappa shape index (κ2) is 16.3. The van der Waals surface area contributed by atoms with Gasteiger partial charge < -0.3 is 4.52 Å². The molecule has 0 aromatic heterocycles. The second-order valence-corrected chi connectivity index (χ2v) is 10.9. The topological polar surface area (TPSA) is 55.8 Å². The Balaban J connectivity index is 1.95. The molecule has 1 rings (SSSR count). The zero-order valence-electron chi connectivity index (χ0n) is 20.1. The summed E-state index contributed by atoms with van der Waals surface area (Å²) in [6.45, 7) is 3.58. The van der Waals surface area contributed by atoms with Crippen molar-refractivity contribution in [2.45, 2.75) is 116 Å². The Morgan fingerprint density at radius 1 is 0.867 bits per heavy atom. The van der Waals surface area contributed by atoms with E-state index in [9.17, 15) is 9.46 Å². The molecule has 0 amide bonds. The van der Waals surface area contributed by atoms with Gasteiger partial charge in [-0.25, -0.2) is 4.57 Å². The number of piperidine rings is 1. The van der Waals surface area contributed by atoms with Crippen LogP contribution in [0, 0.1) is 0 Å². The number of rotatable bonds is 18. The molecule has 1 unspecified atom stereocenters. The van der Waals surface area contributed by atoms with Gasteiger partial charge in [0.05, 0.1) is 27.2 Å². The lowest BCUT2D eigenvalue weighted by Gasteiger charge is -2.34. The van der Waals surface area contributed by atoms with Gasteiger partial charge in [0.2, 0.25) is 0 Å². The minimum absolute atomic E-state index is 0.285. The van der Waals surface area contributed by atoms with Crippen molar-refractivity contribution in [3.05, 3.63) is 12.0 Å². The highest BCUT2D eigenvalue weighted by atomic mass is 31.2. The van der Waals surface area contributed by atoms with Crippen molar-refractivity contribution in [3.8, 4) is 0 Å². The standard InChI is InChI=1S/C24H48NO4P/c1-4-5-6-7-8-9-10-11-12-13-14-15-16-19-22-28-30(26,27)29-23-24-20-17-18-21-25(24,2)3/h23H,4-22H2,1-3H3/p+1. The van der Waals surface area contributed by atoms with Gasteiger partial charge in [-0.15, -0.1) is 0 Å². The van der Waals surface area contributed by atoms with E-state index in [4.69, 9.17) is 9.05 Å². The summed E-state index contributed by atoms with van der Waals surface area (Å²) in [7, 11) is 0.218. The molecular formula is C24H49NO4P+. The second-order valence-electron chi connectivity index (χ2n) is 9.48. The first-order valence-corrected chi connectivity index (χ1v) is 14.1. The van der Waals surface area contributed by atoms with Gasteiger partial charge in [0.1, 0.15) is 5.70 Å². The smallest absolute Gasteiger partial charge is 0.406 e. The lowest BCUT2D eigenvalue weighted by atomic mass is 10.0. The average molecular weight is 447 g/mol. The van der Waals surface area contributed by atoms with E-state index in [1.807, 2.05) is 0 Å². The van der Waals surface area contributed by atoms with Crippen LogP contribution in [0.4, 0.5) is 0 Å². The highest BCUT2D eigenvalue weighted by molar-refractivity contribution is 7.47. The molecule has 0 radical (unpaired) electrons. The van der Waals surface area contributed by atoms with Crippen molar-refractivity contribution >= 4 is 7.82 Å². The molecule has 0 aromatic rings. The van der Waals surface area contributed by atoms with Gasteiger partial charge in [-0.2, -0.15) is 0 Å². The number of allylic oxidation sites excluding steroid dienone is 1. The van der Waals surface area contributed by atoms with Gasteiger partial charge in [0.15, 0.2) is 6.26 Å². The molecule has 0 bridgehead atoms. The van der Waals surface area contributed by atoms with E-state index in [0.717, 1.165) is 42.4 Å². The van der Waals surface area contributed by atoms with Gasteiger partial charge in [-0.05, 0) is 19.3 Å². The Kier molecular flexibility index (Phi) is 15.0. The molecule has 178 valence electrons. The summed E-state index contributed by atoms with van der Waals surface area (Å²) in [6, 6.07) is 0. The fourth-order valence-electron chi connectivity index (χ4n) is 4.10. The number of unbranched alkanes of at least 4 members (excludes halogenated alkanes) is 13. The van der Waals surface area contributed by atoms with Crippen LogP contribution in [0.3, 0.4) is 0 Å². The third-order valence-electron chi connectivity index (χ3n) is 6.25. The Morgan fingerprint density at radius 3 is 1.87 bits per heavy atom. The first-order chi connectivity index (χ1) is 14.4. The van der Waals surface area contributed by atoms with Crippen molar-refractivity contribution in [2.24, 2.45) is 0 Å². The molecule has 5 nitrogen and oxygen atoms in total. The third kappa shape index (κ3) is 13.9. The van der Waals surface area contributed by atoms with Crippen molar-refractivity contribution in [1.82, 2.24) is 0 Å². The van der Waals surface area contributed by atoms with Crippen molar-refractivity contribution in [3.63, 3.8) is 0 Å². The van der Waals surface area contributed by atoms with Gasteiger partial charge in [-0.3, -0.25) is 13.9 Å². The zero-order chi connectivity index (χ0) is 22.1. The van der Waals surface area contributed by atoms with E-state index >= 15 is 0 Å². The molecular weight excluding hydrogens is 397 g/mol.